The molecule has 58 heavy (non-hydrogen) atoms. The predicted molar refractivity (Wildman–Crippen MR) is 233 cm³/mol. The summed E-state index contributed by atoms with van der Waals surface area (Å²) in [6.07, 6.45) is 27.2. The summed E-state index contributed by atoms with van der Waals surface area (Å²) in [5.74, 6) is -0.693. The monoisotopic (exact) mass is 832 g/mol. The molecule has 0 spiro atoms. The van der Waals surface area contributed by atoms with Gasteiger partial charge in [-0.2, -0.15) is 0 Å². The van der Waals surface area contributed by atoms with Gasteiger partial charge in [-0.3, -0.25) is 4.79 Å². The Morgan fingerprint density at radius 1 is 0.534 bits per heavy atom. The molecular formula is C47H93NO10. The maximum absolute atomic E-state index is 13.1. The van der Waals surface area contributed by atoms with Crippen LogP contribution in [0.25, 0.3) is 0 Å². The van der Waals surface area contributed by atoms with Gasteiger partial charge in [0.2, 0.25) is 5.91 Å². The van der Waals surface area contributed by atoms with Crippen molar-refractivity contribution in [3.05, 3.63) is 0 Å². The van der Waals surface area contributed by atoms with E-state index in [4.69, 9.17) is 9.47 Å². The maximum Gasteiger partial charge on any atom is 0.249 e. The quantitative estimate of drug-likeness (QED) is 0.0279. The van der Waals surface area contributed by atoms with Crippen LogP contribution >= 0.6 is 0 Å². The highest BCUT2D eigenvalue weighted by molar-refractivity contribution is 5.80. The summed E-state index contributed by atoms with van der Waals surface area (Å²) >= 11 is 0. The van der Waals surface area contributed by atoms with E-state index in [2.05, 4.69) is 19.2 Å². The lowest BCUT2D eigenvalue weighted by Crippen LogP contribution is -2.60. The van der Waals surface area contributed by atoms with E-state index in [1.54, 1.807) is 0 Å². The zero-order chi connectivity index (χ0) is 42.6. The average Bonchev–Trinajstić information content (AvgIpc) is 3.22. The molecule has 0 bridgehead atoms. The Labute approximate surface area is 354 Å². The first-order chi connectivity index (χ1) is 28.2. The van der Waals surface area contributed by atoms with Crippen LogP contribution in [0.5, 0.6) is 0 Å². The third-order valence-corrected chi connectivity index (χ3v) is 12.2. The average molecular weight is 832 g/mol. The number of carbonyl (C=O) groups excluding carboxylic acids is 1. The highest BCUT2D eigenvalue weighted by atomic mass is 16.7. The van der Waals surface area contributed by atoms with Crippen LogP contribution in [0, 0.1) is 0 Å². The minimum Gasteiger partial charge on any atom is -0.394 e. The van der Waals surface area contributed by atoms with Gasteiger partial charge in [-0.1, -0.05) is 213 Å². The molecular weight excluding hydrogens is 739 g/mol. The molecule has 1 rings (SSSR count). The molecule has 346 valence electrons. The Balaban J connectivity index is 2.39. The van der Waals surface area contributed by atoms with E-state index < -0.39 is 74.2 Å². The van der Waals surface area contributed by atoms with Crippen LogP contribution in [-0.2, 0) is 14.3 Å². The van der Waals surface area contributed by atoms with E-state index in [-0.39, 0.29) is 6.42 Å². The SMILES string of the molecule is CCCCCCCCCCCCCCCCCCCCC[C@@H](O)C(=O)N[C@@H](CO[C@H]1O[C@H](CO)[C@H](O)[C@H](O)[C@H]1O)[C@H](O)[C@H](O)CCCCCCCCCCCCCC. The van der Waals surface area contributed by atoms with Gasteiger partial charge in [-0.25, -0.2) is 0 Å². The number of hydrogen-bond acceptors (Lipinski definition) is 10. The van der Waals surface area contributed by atoms with E-state index in [0.717, 1.165) is 38.5 Å². The molecule has 0 saturated carbocycles. The normalized spacial score (nSPS) is 21.8. The van der Waals surface area contributed by atoms with Gasteiger partial charge in [0.25, 0.3) is 0 Å². The zero-order valence-corrected chi connectivity index (χ0v) is 37.3. The van der Waals surface area contributed by atoms with Crippen LogP contribution in [0.4, 0.5) is 0 Å². The largest absolute Gasteiger partial charge is 0.394 e. The van der Waals surface area contributed by atoms with Crippen molar-refractivity contribution >= 4 is 5.91 Å². The minimum absolute atomic E-state index is 0.266. The molecule has 1 aliphatic heterocycles. The molecule has 0 unspecified atom stereocenters. The minimum atomic E-state index is -1.66. The van der Waals surface area contributed by atoms with E-state index in [1.807, 2.05) is 0 Å². The van der Waals surface area contributed by atoms with Crippen molar-refractivity contribution in [3.63, 3.8) is 0 Å². The van der Waals surface area contributed by atoms with Crippen LogP contribution in [0.1, 0.15) is 226 Å². The lowest BCUT2D eigenvalue weighted by Gasteiger charge is -2.40. The standard InChI is InChI=1S/C47H93NO10/c1-3-5-7-9-11-13-15-17-18-19-20-21-22-23-25-27-29-31-33-35-40(51)46(56)48-38(37-57-47-45(55)44(54)43(53)41(36-49)58-47)42(52)39(50)34-32-30-28-26-24-16-14-12-10-8-6-4-2/h38-45,47,49-55H,3-37H2,1-2H3,(H,48,56)/t38-,39+,40+,41+,42-,43-,44-,45+,47-/m0/s1. The van der Waals surface area contributed by atoms with Gasteiger partial charge in [-0.05, 0) is 12.8 Å². The molecule has 8 N–H and O–H groups in total. The van der Waals surface area contributed by atoms with Crippen LogP contribution in [0.2, 0.25) is 0 Å². The summed E-state index contributed by atoms with van der Waals surface area (Å²) in [6, 6.07) is -1.16. The van der Waals surface area contributed by atoms with Crippen molar-refractivity contribution in [1.82, 2.24) is 5.32 Å². The Morgan fingerprint density at radius 2 is 0.897 bits per heavy atom. The number of nitrogens with one attached hydrogen (secondary N) is 1. The molecule has 1 amide bonds. The topological polar surface area (TPSA) is 189 Å². The lowest BCUT2D eigenvalue weighted by molar-refractivity contribution is -0.303. The molecule has 0 aliphatic carbocycles. The van der Waals surface area contributed by atoms with Gasteiger partial charge in [0.05, 0.1) is 25.4 Å². The van der Waals surface area contributed by atoms with E-state index in [9.17, 15) is 40.5 Å². The number of unbranched alkanes of at least 4 members (excludes halogenated alkanes) is 29. The molecule has 1 saturated heterocycles. The van der Waals surface area contributed by atoms with Crippen molar-refractivity contribution in [2.45, 2.75) is 281 Å². The number of hydrogen-bond donors (Lipinski definition) is 8. The first-order valence-corrected chi connectivity index (χ1v) is 24.4. The van der Waals surface area contributed by atoms with Gasteiger partial charge >= 0.3 is 0 Å². The first kappa shape index (κ1) is 55.1. The van der Waals surface area contributed by atoms with Crippen LogP contribution in [0.3, 0.4) is 0 Å². The highest BCUT2D eigenvalue weighted by Gasteiger charge is 2.44. The summed E-state index contributed by atoms with van der Waals surface area (Å²) in [6.45, 7) is 3.45. The molecule has 1 heterocycles. The van der Waals surface area contributed by atoms with E-state index in [1.165, 1.54) is 148 Å². The molecule has 9 atom stereocenters. The van der Waals surface area contributed by atoms with Gasteiger partial charge in [0.1, 0.15) is 36.6 Å². The second-order valence-corrected chi connectivity index (χ2v) is 17.5. The predicted octanol–water partition coefficient (Wildman–Crippen LogP) is 8.28. The summed E-state index contributed by atoms with van der Waals surface area (Å²) < 4.78 is 11.1. The summed E-state index contributed by atoms with van der Waals surface area (Å²) in [5.41, 5.74) is 0. The van der Waals surface area contributed by atoms with E-state index in [0.29, 0.717) is 19.3 Å². The first-order valence-electron chi connectivity index (χ1n) is 24.4. The number of aliphatic hydroxyl groups excluding tert-OH is 7. The molecule has 0 aromatic heterocycles. The fourth-order valence-electron chi connectivity index (χ4n) is 8.09. The van der Waals surface area contributed by atoms with Gasteiger partial charge < -0.3 is 50.5 Å². The Bertz CT molecular complexity index is 913. The summed E-state index contributed by atoms with van der Waals surface area (Å²) in [4.78, 5) is 13.1. The Kier molecular flexibility index (Phi) is 36.0. The highest BCUT2D eigenvalue weighted by Crippen LogP contribution is 2.23. The van der Waals surface area contributed by atoms with Gasteiger partial charge in [0.15, 0.2) is 6.29 Å². The number of carbonyl (C=O) groups is 1. The summed E-state index contributed by atoms with van der Waals surface area (Å²) in [5, 5.41) is 75.7. The van der Waals surface area contributed by atoms with Crippen LogP contribution in [0.15, 0.2) is 0 Å². The van der Waals surface area contributed by atoms with Crippen molar-refractivity contribution in [2.24, 2.45) is 0 Å². The van der Waals surface area contributed by atoms with Crippen molar-refractivity contribution < 1.29 is 50.0 Å². The van der Waals surface area contributed by atoms with Crippen LogP contribution in [-0.4, -0.2) is 110 Å². The molecule has 1 aliphatic rings. The molecule has 11 nitrogen and oxygen atoms in total. The second-order valence-electron chi connectivity index (χ2n) is 17.5. The van der Waals surface area contributed by atoms with Gasteiger partial charge in [-0.15, -0.1) is 0 Å². The van der Waals surface area contributed by atoms with Crippen molar-refractivity contribution in [2.75, 3.05) is 13.2 Å². The third kappa shape index (κ3) is 27.1. The molecule has 0 radical (unpaired) electrons. The van der Waals surface area contributed by atoms with Crippen LogP contribution < -0.4 is 5.32 Å². The van der Waals surface area contributed by atoms with Gasteiger partial charge in [0, 0.05) is 0 Å². The number of rotatable bonds is 41. The molecule has 0 aromatic carbocycles. The number of amides is 1. The number of aliphatic hydroxyl groups is 7. The maximum atomic E-state index is 13.1. The fourth-order valence-corrected chi connectivity index (χ4v) is 8.09. The molecule has 11 heteroatoms. The fraction of sp³-hybridized carbons (Fsp3) is 0.979. The van der Waals surface area contributed by atoms with Crippen molar-refractivity contribution in [1.29, 1.82) is 0 Å². The lowest BCUT2D eigenvalue weighted by atomic mass is 9.98. The zero-order valence-electron chi connectivity index (χ0n) is 37.3. The molecule has 1 fully saturated rings. The Morgan fingerprint density at radius 3 is 1.28 bits per heavy atom. The van der Waals surface area contributed by atoms with E-state index >= 15 is 0 Å². The summed E-state index contributed by atoms with van der Waals surface area (Å²) in [7, 11) is 0. The molecule has 0 aromatic rings. The van der Waals surface area contributed by atoms with Crippen molar-refractivity contribution in [3.8, 4) is 0 Å². The second kappa shape index (κ2) is 37.8. The number of ether oxygens (including phenoxy) is 2. The smallest absolute Gasteiger partial charge is 0.249 e. The third-order valence-electron chi connectivity index (χ3n) is 12.2. The Hall–Kier alpha value is -0.890.